The van der Waals surface area contributed by atoms with E-state index in [1.807, 2.05) is 0 Å². The Morgan fingerprint density at radius 1 is 1.30 bits per heavy atom. The molecule has 104 valence electrons. The Morgan fingerprint density at radius 3 is 2.65 bits per heavy atom. The smallest absolute Gasteiger partial charge is 0.259 e. The Labute approximate surface area is 121 Å². The molecule has 1 heterocycles. The first-order valence-corrected chi connectivity index (χ1v) is 6.59. The fraction of sp³-hybridized carbons (Fsp3) is 0.200. The van der Waals surface area contributed by atoms with Gasteiger partial charge < -0.3 is 9.73 Å². The highest BCUT2D eigenvalue weighted by molar-refractivity contribution is 6.34. The summed E-state index contributed by atoms with van der Waals surface area (Å²) in [5, 5.41) is 3.07. The molecule has 0 aliphatic carbocycles. The van der Waals surface area contributed by atoms with Gasteiger partial charge in [0.05, 0.1) is 22.5 Å². The normalized spacial score (nSPS) is 10.3. The number of rotatable bonds is 4. The molecule has 1 aromatic carbocycles. The predicted molar refractivity (Wildman–Crippen MR) is 77.5 cm³/mol. The van der Waals surface area contributed by atoms with Crippen LogP contribution in [0.5, 0.6) is 0 Å². The quantitative estimate of drug-likeness (QED) is 0.863. The van der Waals surface area contributed by atoms with Gasteiger partial charge in [-0.2, -0.15) is 0 Å². The molecule has 0 atom stereocenters. The van der Waals surface area contributed by atoms with Crippen LogP contribution >= 0.6 is 11.6 Å². The van der Waals surface area contributed by atoms with Crippen LogP contribution in [0.15, 0.2) is 34.9 Å². The average molecular weight is 292 g/mol. The van der Waals surface area contributed by atoms with E-state index in [1.54, 1.807) is 38.1 Å². The second kappa shape index (κ2) is 5.92. The van der Waals surface area contributed by atoms with E-state index in [0.29, 0.717) is 34.0 Å². The molecule has 0 spiro atoms. The molecule has 0 unspecified atom stereocenters. The van der Waals surface area contributed by atoms with Crippen molar-refractivity contribution in [3.8, 4) is 0 Å². The van der Waals surface area contributed by atoms with Gasteiger partial charge in [0.15, 0.2) is 5.78 Å². The SMILES string of the molecule is CCC(=O)c1ccc(Cl)c(NC(=O)c2ccoc2C)c1. The Balaban J connectivity index is 2.27. The van der Waals surface area contributed by atoms with Gasteiger partial charge in [0.2, 0.25) is 0 Å². The number of furan rings is 1. The topological polar surface area (TPSA) is 59.3 Å². The summed E-state index contributed by atoms with van der Waals surface area (Å²) in [7, 11) is 0. The molecule has 5 heteroatoms. The van der Waals surface area contributed by atoms with Crippen LogP contribution in [0.4, 0.5) is 5.69 Å². The fourth-order valence-corrected chi connectivity index (χ4v) is 1.97. The molecule has 1 amide bonds. The van der Waals surface area contributed by atoms with Gasteiger partial charge in [-0.25, -0.2) is 0 Å². The van der Waals surface area contributed by atoms with E-state index in [0.717, 1.165) is 0 Å². The molecule has 1 aromatic heterocycles. The molecule has 4 nitrogen and oxygen atoms in total. The van der Waals surface area contributed by atoms with Gasteiger partial charge in [-0.3, -0.25) is 9.59 Å². The van der Waals surface area contributed by atoms with E-state index in [4.69, 9.17) is 16.0 Å². The number of ketones is 1. The highest BCUT2D eigenvalue weighted by Crippen LogP contribution is 2.24. The number of hydrogen-bond acceptors (Lipinski definition) is 3. The van der Waals surface area contributed by atoms with E-state index < -0.39 is 0 Å². The number of amides is 1. The minimum atomic E-state index is -0.320. The van der Waals surface area contributed by atoms with Crippen molar-refractivity contribution < 1.29 is 14.0 Å². The van der Waals surface area contributed by atoms with Crippen LogP contribution in [0.25, 0.3) is 0 Å². The van der Waals surface area contributed by atoms with E-state index in [9.17, 15) is 9.59 Å². The van der Waals surface area contributed by atoms with Gasteiger partial charge in [-0.05, 0) is 31.2 Å². The van der Waals surface area contributed by atoms with Crippen LogP contribution in [-0.2, 0) is 0 Å². The lowest BCUT2D eigenvalue weighted by atomic mass is 10.1. The number of Topliss-reactive ketones (excluding diaryl/α,β-unsaturated/α-hetero) is 1. The van der Waals surface area contributed by atoms with E-state index in [1.165, 1.54) is 6.26 Å². The number of hydrogen-bond donors (Lipinski definition) is 1. The zero-order valence-corrected chi connectivity index (χ0v) is 12.0. The lowest BCUT2D eigenvalue weighted by Gasteiger charge is -2.08. The molecule has 2 aromatic rings. The van der Waals surface area contributed by atoms with Crippen molar-refractivity contribution in [2.24, 2.45) is 0 Å². The van der Waals surface area contributed by atoms with E-state index in [2.05, 4.69) is 5.32 Å². The molecular formula is C15H14ClNO3. The van der Waals surface area contributed by atoms with Crippen molar-refractivity contribution in [1.82, 2.24) is 0 Å². The molecule has 0 saturated heterocycles. The summed E-state index contributed by atoms with van der Waals surface area (Å²) in [6.45, 7) is 3.48. The first-order chi connectivity index (χ1) is 9.52. The average Bonchev–Trinajstić information content (AvgIpc) is 2.86. The number of anilines is 1. The van der Waals surface area contributed by atoms with Crippen molar-refractivity contribution in [2.45, 2.75) is 20.3 Å². The summed E-state index contributed by atoms with van der Waals surface area (Å²) in [5.41, 5.74) is 1.38. The third kappa shape index (κ3) is 2.91. The molecular weight excluding hydrogens is 278 g/mol. The fourth-order valence-electron chi connectivity index (χ4n) is 1.81. The molecule has 0 fully saturated rings. The first kappa shape index (κ1) is 14.3. The van der Waals surface area contributed by atoms with Crippen LogP contribution in [0.3, 0.4) is 0 Å². The number of carbonyl (C=O) groups is 2. The monoisotopic (exact) mass is 291 g/mol. The summed E-state index contributed by atoms with van der Waals surface area (Å²) in [5.74, 6) is 0.204. The molecule has 0 radical (unpaired) electrons. The number of nitrogens with one attached hydrogen (secondary N) is 1. The van der Waals surface area contributed by atoms with Crippen LogP contribution in [0.1, 0.15) is 39.8 Å². The molecule has 0 aliphatic heterocycles. The summed E-state index contributed by atoms with van der Waals surface area (Å²) in [6.07, 6.45) is 1.85. The van der Waals surface area contributed by atoms with Crippen molar-refractivity contribution in [3.63, 3.8) is 0 Å². The van der Waals surface area contributed by atoms with Crippen LogP contribution < -0.4 is 5.32 Å². The Bertz CT molecular complexity index is 661. The predicted octanol–water partition coefficient (Wildman–Crippen LogP) is 4.09. The van der Waals surface area contributed by atoms with Crippen molar-refractivity contribution in [1.29, 1.82) is 0 Å². The second-order valence-electron chi connectivity index (χ2n) is 4.32. The summed E-state index contributed by atoms with van der Waals surface area (Å²) < 4.78 is 5.08. The Morgan fingerprint density at radius 2 is 2.05 bits per heavy atom. The summed E-state index contributed by atoms with van der Waals surface area (Å²) >= 11 is 6.04. The van der Waals surface area contributed by atoms with Gasteiger partial charge in [0.25, 0.3) is 5.91 Å². The third-order valence-corrected chi connectivity index (χ3v) is 3.29. The standard InChI is InChI=1S/C15H14ClNO3/c1-3-14(18)10-4-5-12(16)13(8-10)17-15(19)11-6-7-20-9(11)2/h4-8H,3H2,1-2H3,(H,17,19). The molecule has 20 heavy (non-hydrogen) atoms. The van der Waals surface area contributed by atoms with E-state index in [-0.39, 0.29) is 11.7 Å². The molecule has 0 aliphatic rings. The van der Waals surface area contributed by atoms with Gasteiger partial charge in [-0.15, -0.1) is 0 Å². The third-order valence-electron chi connectivity index (χ3n) is 2.96. The minimum absolute atomic E-state index is 0.00310. The molecule has 1 N–H and O–H groups in total. The van der Waals surface area contributed by atoms with Gasteiger partial charge >= 0.3 is 0 Å². The molecule has 0 bridgehead atoms. The van der Waals surface area contributed by atoms with Crippen LogP contribution in [-0.4, -0.2) is 11.7 Å². The lowest BCUT2D eigenvalue weighted by Crippen LogP contribution is -2.13. The largest absolute Gasteiger partial charge is 0.469 e. The number of halogens is 1. The van der Waals surface area contributed by atoms with Crippen LogP contribution in [0.2, 0.25) is 5.02 Å². The zero-order valence-electron chi connectivity index (χ0n) is 11.2. The second-order valence-corrected chi connectivity index (χ2v) is 4.72. The van der Waals surface area contributed by atoms with Crippen molar-refractivity contribution in [3.05, 3.63) is 52.4 Å². The highest BCUT2D eigenvalue weighted by Gasteiger charge is 2.14. The highest BCUT2D eigenvalue weighted by atomic mass is 35.5. The van der Waals surface area contributed by atoms with E-state index >= 15 is 0 Å². The minimum Gasteiger partial charge on any atom is -0.469 e. The van der Waals surface area contributed by atoms with Gasteiger partial charge in [-0.1, -0.05) is 18.5 Å². The maximum Gasteiger partial charge on any atom is 0.259 e. The number of carbonyl (C=O) groups excluding carboxylic acids is 2. The zero-order chi connectivity index (χ0) is 14.7. The first-order valence-electron chi connectivity index (χ1n) is 6.21. The summed E-state index contributed by atoms with van der Waals surface area (Å²) in [4.78, 5) is 23.8. The Hall–Kier alpha value is -2.07. The Kier molecular flexibility index (Phi) is 4.25. The molecule has 2 rings (SSSR count). The number of benzene rings is 1. The lowest BCUT2D eigenvalue weighted by molar-refractivity contribution is 0.0985. The number of aryl methyl sites for hydroxylation is 1. The van der Waals surface area contributed by atoms with Crippen molar-refractivity contribution >= 4 is 29.0 Å². The van der Waals surface area contributed by atoms with Gasteiger partial charge in [0.1, 0.15) is 5.76 Å². The van der Waals surface area contributed by atoms with Crippen molar-refractivity contribution in [2.75, 3.05) is 5.32 Å². The van der Waals surface area contributed by atoms with Gasteiger partial charge in [0, 0.05) is 12.0 Å². The summed E-state index contributed by atoms with van der Waals surface area (Å²) in [6, 6.07) is 6.41. The van der Waals surface area contributed by atoms with Crippen LogP contribution in [0, 0.1) is 6.92 Å². The maximum atomic E-state index is 12.1. The maximum absolute atomic E-state index is 12.1. The molecule has 0 saturated carbocycles.